The fourth-order valence-electron chi connectivity index (χ4n) is 4.37. The van der Waals surface area contributed by atoms with E-state index < -0.39 is 41.7 Å². The Bertz CT molecular complexity index is 1330. The van der Waals surface area contributed by atoms with Crippen molar-refractivity contribution in [1.29, 1.82) is 0 Å². The Morgan fingerprint density at radius 2 is 1.78 bits per heavy atom. The first kappa shape index (κ1) is 25.6. The Kier molecular flexibility index (Phi) is 7.05. The molecule has 1 fully saturated rings. The summed E-state index contributed by atoms with van der Waals surface area (Å²) in [6, 6.07) is 11.4. The van der Waals surface area contributed by atoms with Crippen molar-refractivity contribution in [2.75, 3.05) is 19.5 Å². The molecule has 2 aromatic carbocycles. The van der Waals surface area contributed by atoms with E-state index in [1.807, 2.05) is 0 Å². The van der Waals surface area contributed by atoms with E-state index >= 15 is 0 Å². The van der Waals surface area contributed by atoms with E-state index in [1.165, 1.54) is 20.3 Å². The first-order valence-corrected chi connectivity index (χ1v) is 11.3. The molecule has 1 aromatic heterocycles. The number of aryl methyl sites for hydroxylation is 1. The molecular weight excluding hydrogens is 470 g/mol. The Labute approximate surface area is 207 Å². The van der Waals surface area contributed by atoms with E-state index in [0.717, 1.165) is 0 Å². The minimum Gasteiger partial charge on any atom is -0.496 e. The molecule has 0 aliphatic carbocycles. The van der Waals surface area contributed by atoms with E-state index in [1.54, 1.807) is 57.2 Å². The van der Waals surface area contributed by atoms with Gasteiger partial charge in [0.2, 0.25) is 6.29 Å². The van der Waals surface area contributed by atoms with Crippen LogP contribution in [-0.4, -0.2) is 60.5 Å². The molecule has 192 valence electrons. The number of para-hydroxylation sites is 1. The molecule has 0 bridgehead atoms. The summed E-state index contributed by atoms with van der Waals surface area (Å²) in [7, 11) is 2.88. The van der Waals surface area contributed by atoms with Crippen molar-refractivity contribution in [3.63, 3.8) is 0 Å². The molecule has 1 aliphatic rings. The summed E-state index contributed by atoms with van der Waals surface area (Å²) in [5.74, 6) is 0.143. The lowest BCUT2D eigenvalue weighted by Crippen LogP contribution is -2.63. The summed E-state index contributed by atoms with van der Waals surface area (Å²) in [6.07, 6.45) is -4.56. The standard InChI is InChI=1S/C26H29NO9/c1-13-17(34-25-20(29)19(28)22(33-5)26(2,3)36-25)11-10-14-12-16(24(31)35-21(13)14)27-23(30)15-8-6-7-9-18(15)32-4/h6-12,19-20,22,25,28-29H,1-5H3,(H,27,30)/t19-,20+,22?,25?/m0/s1. The molecule has 1 saturated heterocycles. The van der Waals surface area contributed by atoms with Gasteiger partial charge in [0.15, 0.2) is 0 Å². The smallest absolute Gasteiger partial charge is 0.360 e. The average Bonchev–Trinajstić information content (AvgIpc) is 2.85. The summed E-state index contributed by atoms with van der Waals surface area (Å²) in [5, 5.41) is 24.1. The molecule has 2 unspecified atom stereocenters. The zero-order valence-corrected chi connectivity index (χ0v) is 20.6. The highest BCUT2D eigenvalue weighted by Gasteiger charge is 2.50. The lowest BCUT2D eigenvalue weighted by Gasteiger charge is -2.46. The van der Waals surface area contributed by atoms with Crippen LogP contribution in [0.15, 0.2) is 51.7 Å². The monoisotopic (exact) mass is 499 g/mol. The highest BCUT2D eigenvalue weighted by molar-refractivity contribution is 6.06. The molecule has 0 saturated carbocycles. The molecule has 1 aliphatic heterocycles. The fourth-order valence-corrected chi connectivity index (χ4v) is 4.37. The molecule has 4 rings (SSSR count). The van der Waals surface area contributed by atoms with Gasteiger partial charge < -0.3 is 38.9 Å². The Balaban J connectivity index is 1.61. The van der Waals surface area contributed by atoms with E-state index in [-0.39, 0.29) is 16.8 Å². The van der Waals surface area contributed by atoms with Gasteiger partial charge in [-0.05, 0) is 51.1 Å². The Morgan fingerprint density at radius 3 is 2.47 bits per heavy atom. The number of aliphatic hydroxyl groups is 2. The second-order valence-electron chi connectivity index (χ2n) is 9.05. The summed E-state index contributed by atoms with van der Waals surface area (Å²) in [5.41, 5.74) is -0.736. The van der Waals surface area contributed by atoms with Gasteiger partial charge in [-0.25, -0.2) is 4.79 Å². The number of anilines is 1. The van der Waals surface area contributed by atoms with Gasteiger partial charge in [-0.1, -0.05) is 12.1 Å². The van der Waals surface area contributed by atoms with Crippen LogP contribution in [0.25, 0.3) is 11.0 Å². The number of nitrogens with one attached hydrogen (secondary N) is 1. The van der Waals surface area contributed by atoms with Crippen LogP contribution in [0.4, 0.5) is 5.69 Å². The number of amides is 1. The van der Waals surface area contributed by atoms with Gasteiger partial charge in [-0.3, -0.25) is 4.79 Å². The second kappa shape index (κ2) is 9.90. The van der Waals surface area contributed by atoms with Crippen LogP contribution >= 0.6 is 0 Å². The molecule has 3 aromatic rings. The summed E-state index contributed by atoms with van der Waals surface area (Å²) in [6.45, 7) is 5.13. The van der Waals surface area contributed by atoms with Gasteiger partial charge in [-0.15, -0.1) is 0 Å². The van der Waals surface area contributed by atoms with Gasteiger partial charge in [0.25, 0.3) is 5.91 Å². The van der Waals surface area contributed by atoms with Gasteiger partial charge >= 0.3 is 5.63 Å². The lowest BCUT2D eigenvalue weighted by molar-refractivity contribution is -0.306. The highest BCUT2D eigenvalue weighted by Crippen LogP contribution is 2.35. The molecule has 4 atom stereocenters. The predicted molar refractivity (Wildman–Crippen MR) is 131 cm³/mol. The van der Waals surface area contributed by atoms with Crippen molar-refractivity contribution in [2.24, 2.45) is 0 Å². The molecule has 0 radical (unpaired) electrons. The summed E-state index contributed by atoms with van der Waals surface area (Å²) < 4.78 is 27.8. The Morgan fingerprint density at radius 1 is 1.06 bits per heavy atom. The van der Waals surface area contributed by atoms with Gasteiger partial charge in [-0.2, -0.15) is 0 Å². The van der Waals surface area contributed by atoms with Crippen molar-refractivity contribution < 1.29 is 38.4 Å². The van der Waals surface area contributed by atoms with Crippen LogP contribution in [0, 0.1) is 6.92 Å². The summed E-state index contributed by atoms with van der Waals surface area (Å²) in [4.78, 5) is 25.4. The number of benzene rings is 2. The van der Waals surface area contributed by atoms with Crippen LogP contribution in [0.3, 0.4) is 0 Å². The molecule has 2 heterocycles. The third-order valence-electron chi connectivity index (χ3n) is 6.24. The highest BCUT2D eigenvalue weighted by atomic mass is 16.7. The fraction of sp³-hybridized carbons (Fsp3) is 0.385. The number of rotatable bonds is 6. The number of hydrogen-bond donors (Lipinski definition) is 3. The first-order chi connectivity index (χ1) is 17.1. The maximum Gasteiger partial charge on any atom is 0.360 e. The van der Waals surface area contributed by atoms with Crippen LogP contribution < -0.4 is 20.4 Å². The number of aliphatic hydroxyl groups excluding tert-OH is 2. The van der Waals surface area contributed by atoms with Crippen molar-refractivity contribution in [3.05, 3.63) is 64.0 Å². The number of fused-ring (bicyclic) bond motifs is 1. The topological polar surface area (TPSA) is 137 Å². The van der Waals surface area contributed by atoms with Crippen LogP contribution in [0.5, 0.6) is 11.5 Å². The van der Waals surface area contributed by atoms with Gasteiger partial charge in [0.1, 0.15) is 41.1 Å². The minimum atomic E-state index is -1.38. The van der Waals surface area contributed by atoms with Crippen molar-refractivity contribution in [2.45, 2.75) is 51.0 Å². The van der Waals surface area contributed by atoms with E-state index in [2.05, 4.69) is 5.32 Å². The van der Waals surface area contributed by atoms with Crippen molar-refractivity contribution >= 4 is 22.6 Å². The molecule has 36 heavy (non-hydrogen) atoms. The largest absolute Gasteiger partial charge is 0.496 e. The Hall–Kier alpha value is -3.44. The minimum absolute atomic E-state index is 0.0343. The van der Waals surface area contributed by atoms with Crippen LogP contribution in [0.1, 0.15) is 29.8 Å². The van der Waals surface area contributed by atoms with Crippen molar-refractivity contribution in [3.8, 4) is 11.5 Å². The zero-order valence-electron chi connectivity index (χ0n) is 20.6. The molecule has 0 spiro atoms. The van der Waals surface area contributed by atoms with Gasteiger partial charge in [0.05, 0.1) is 18.3 Å². The number of hydrogen-bond acceptors (Lipinski definition) is 9. The molecule has 3 N–H and O–H groups in total. The second-order valence-corrected chi connectivity index (χ2v) is 9.05. The number of carbonyl (C=O) groups excluding carboxylic acids is 1. The predicted octanol–water partition coefficient (Wildman–Crippen LogP) is 2.61. The van der Waals surface area contributed by atoms with E-state index in [9.17, 15) is 19.8 Å². The maximum absolute atomic E-state index is 12.7. The maximum atomic E-state index is 12.7. The normalized spacial score (nSPS) is 23.3. The van der Waals surface area contributed by atoms with Crippen LogP contribution in [0.2, 0.25) is 0 Å². The number of carbonyl (C=O) groups is 1. The molecule has 10 heteroatoms. The molecule has 10 nitrogen and oxygen atoms in total. The van der Waals surface area contributed by atoms with Crippen LogP contribution in [-0.2, 0) is 9.47 Å². The van der Waals surface area contributed by atoms with Crippen molar-refractivity contribution in [1.82, 2.24) is 0 Å². The number of methoxy groups -OCH3 is 2. The quantitative estimate of drug-likeness (QED) is 0.437. The van der Waals surface area contributed by atoms with E-state index in [4.69, 9.17) is 23.4 Å². The number of ether oxygens (including phenoxy) is 4. The average molecular weight is 500 g/mol. The first-order valence-electron chi connectivity index (χ1n) is 11.3. The van der Waals surface area contributed by atoms with E-state index in [0.29, 0.717) is 22.4 Å². The summed E-state index contributed by atoms with van der Waals surface area (Å²) >= 11 is 0. The SMILES string of the molecule is COc1ccccc1C(=O)Nc1cc2ccc(OC3OC(C)(C)C(OC)[C@@H](O)[C@H]3O)c(C)c2oc1=O. The molecular formula is C26H29NO9. The third-order valence-corrected chi connectivity index (χ3v) is 6.24. The zero-order chi connectivity index (χ0) is 26.2. The third kappa shape index (κ3) is 4.68. The lowest BCUT2D eigenvalue weighted by atomic mass is 9.89. The van der Waals surface area contributed by atoms with Gasteiger partial charge in [0, 0.05) is 18.1 Å². The molecule has 1 amide bonds.